The van der Waals surface area contributed by atoms with Gasteiger partial charge in [-0.25, -0.2) is 0 Å². The number of amides is 3. The largest absolute Gasteiger partial charge is 0.497 e. The van der Waals surface area contributed by atoms with Crippen molar-refractivity contribution in [1.82, 2.24) is 15.1 Å². The molecule has 0 radical (unpaired) electrons. The van der Waals surface area contributed by atoms with Crippen LogP contribution < -0.4 is 10.1 Å². The molecule has 1 N–H and O–H groups in total. The molecule has 4 rings (SSSR count). The molecule has 0 saturated carbocycles. The summed E-state index contributed by atoms with van der Waals surface area (Å²) in [6, 6.07) is 10.8. The molecular formula is C27H31Cl2N3O5. The fraction of sp³-hybridized carbons (Fsp3) is 0.444. The third-order valence-electron chi connectivity index (χ3n) is 7.10. The maximum Gasteiger partial charge on any atom is 0.257 e. The van der Waals surface area contributed by atoms with Crippen LogP contribution in [0.4, 0.5) is 0 Å². The van der Waals surface area contributed by atoms with Gasteiger partial charge in [0.05, 0.1) is 23.8 Å². The van der Waals surface area contributed by atoms with Gasteiger partial charge in [0.25, 0.3) is 11.8 Å². The molecule has 2 aromatic rings. The Balaban J connectivity index is 1.59. The van der Waals surface area contributed by atoms with E-state index < -0.39 is 11.8 Å². The first-order valence-corrected chi connectivity index (χ1v) is 13.1. The third kappa shape index (κ3) is 5.56. The molecule has 1 spiro atoms. The lowest BCUT2D eigenvalue weighted by molar-refractivity contribution is -0.128. The number of piperidine rings is 1. The second-order valence-electron chi connectivity index (χ2n) is 9.42. The number of nitrogens with zero attached hydrogens (tertiary/aromatic N) is 2. The average molecular weight is 548 g/mol. The summed E-state index contributed by atoms with van der Waals surface area (Å²) in [5.41, 5.74) is -0.167. The van der Waals surface area contributed by atoms with E-state index in [4.69, 9.17) is 32.7 Å². The van der Waals surface area contributed by atoms with Crippen LogP contribution in [0.2, 0.25) is 10.0 Å². The van der Waals surface area contributed by atoms with Gasteiger partial charge in [-0.3, -0.25) is 19.3 Å². The van der Waals surface area contributed by atoms with Crippen LogP contribution in [0, 0.1) is 0 Å². The number of likely N-dealkylation sites (tertiary alicyclic amines) is 1. The molecule has 198 valence electrons. The first-order chi connectivity index (χ1) is 17.7. The normalized spacial score (nSPS) is 19.5. The molecule has 2 atom stereocenters. The Kier molecular flexibility index (Phi) is 8.31. The molecule has 2 aliphatic rings. The number of carbonyl (C=O) groups excluding carboxylic acids is 3. The molecule has 2 heterocycles. The van der Waals surface area contributed by atoms with Gasteiger partial charge < -0.3 is 19.7 Å². The minimum absolute atomic E-state index is 0.0384. The molecule has 8 nitrogen and oxygen atoms in total. The predicted molar refractivity (Wildman–Crippen MR) is 141 cm³/mol. The van der Waals surface area contributed by atoms with Gasteiger partial charge in [0, 0.05) is 43.1 Å². The molecule has 2 saturated heterocycles. The summed E-state index contributed by atoms with van der Waals surface area (Å²) < 4.78 is 11.5. The van der Waals surface area contributed by atoms with Crippen molar-refractivity contribution < 1.29 is 23.9 Å². The first kappa shape index (κ1) is 27.2. The molecule has 2 aromatic carbocycles. The van der Waals surface area contributed by atoms with Crippen LogP contribution in [-0.2, 0) is 9.53 Å². The Labute approximate surface area is 226 Å². The Hall–Kier alpha value is -2.81. The summed E-state index contributed by atoms with van der Waals surface area (Å²) >= 11 is 12.1. The molecule has 2 fully saturated rings. The number of halogens is 2. The van der Waals surface area contributed by atoms with Gasteiger partial charge in [-0.2, -0.15) is 0 Å². The van der Waals surface area contributed by atoms with Gasteiger partial charge in [-0.15, -0.1) is 0 Å². The van der Waals surface area contributed by atoms with Crippen molar-refractivity contribution in [2.45, 2.75) is 50.9 Å². The highest BCUT2D eigenvalue weighted by atomic mass is 35.5. The number of ether oxygens (including phenoxy) is 2. The van der Waals surface area contributed by atoms with E-state index in [9.17, 15) is 14.4 Å². The number of methoxy groups -OCH3 is 1. The van der Waals surface area contributed by atoms with Crippen molar-refractivity contribution in [3.63, 3.8) is 0 Å². The lowest BCUT2D eigenvalue weighted by Gasteiger charge is -2.44. The van der Waals surface area contributed by atoms with E-state index in [0.29, 0.717) is 52.9 Å². The maximum atomic E-state index is 13.9. The van der Waals surface area contributed by atoms with Crippen LogP contribution in [0.1, 0.15) is 53.8 Å². The van der Waals surface area contributed by atoms with Crippen LogP contribution in [0.5, 0.6) is 5.75 Å². The van der Waals surface area contributed by atoms with Gasteiger partial charge in [-0.1, -0.05) is 36.2 Å². The molecule has 0 bridgehead atoms. The number of nitrogens with one attached hydrogen (secondary N) is 1. The lowest BCUT2D eigenvalue weighted by atomic mass is 9.96. The highest BCUT2D eigenvalue weighted by Crippen LogP contribution is 2.39. The maximum absolute atomic E-state index is 13.9. The standard InChI is InChI=1S/C27H31Cl2N3O5/c1-4-17(2)30-24(33)23-16-37-27(32(23)26(35)18-6-5-7-20(14-18)36-3)10-12-31(13-11-27)25(34)19-8-9-21(28)22(29)15-19/h5-9,14-15,17,23H,4,10-13,16H2,1-3H3,(H,30,33)/t17-,23+/m1/s1. The topological polar surface area (TPSA) is 88.2 Å². The summed E-state index contributed by atoms with van der Waals surface area (Å²) in [6.07, 6.45) is 1.49. The Morgan fingerprint density at radius 2 is 1.78 bits per heavy atom. The number of hydrogen-bond donors (Lipinski definition) is 1. The van der Waals surface area contributed by atoms with E-state index in [0.717, 1.165) is 6.42 Å². The average Bonchev–Trinajstić information content (AvgIpc) is 3.28. The highest BCUT2D eigenvalue weighted by Gasteiger charge is 2.54. The number of hydrogen-bond acceptors (Lipinski definition) is 5. The zero-order valence-electron chi connectivity index (χ0n) is 21.1. The molecule has 0 aromatic heterocycles. The van der Waals surface area contributed by atoms with Gasteiger partial charge in [0.1, 0.15) is 17.5 Å². The van der Waals surface area contributed by atoms with E-state index in [-0.39, 0.29) is 30.4 Å². The predicted octanol–water partition coefficient (Wildman–Crippen LogP) is 4.39. The van der Waals surface area contributed by atoms with Crippen molar-refractivity contribution in [2.75, 3.05) is 26.8 Å². The first-order valence-electron chi connectivity index (χ1n) is 12.4. The van der Waals surface area contributed by atoms with Crippen LogP contribution in [-0.4, -0.2) is 72.1 Å². The summed E-state index contributed by atoms with van der Waals surface area (Å²) in [4.78, 5) is 43.5. The summed E-state index contributed by atoms with van der Waals surface area (Å²) in [7, 11) is 1.53. The van der Waals surface area contributed by atoms with Crippen LogP contribution in [0.15, 0.2) is 42.5 Å². The van der Waals surface area contributed by atoms with Crippen molar-refractivity contribution in [1.29, 1.82) is 0 Å². The number of rotatable bonds is 6. The second kappa shape index (κ2) is 11.3. The molecule has 2 aliphatic heterocycles. The fourth-order valence-electron chi connectivity index (χ4n) is 4.77. The Morgan fingerprint density at radius 1 is 1.08 bits per heavy atom. The summed E-state index contributed by atoms with van der Waals surface area (Å²) in [5, 5.41) is 3.67. The Bertz CT molecular complexity index is 1180. The lowest BCUT2D eigenvalue weighted by Crippen LogP contribution is -2.60. The quantitative estimate of drug-likeness (QED) is 0.579. The van der Waals surface area contributed by atoms with Gasteiger partial charge in [0.2, 0.25) is 5.91 Å². The SMILES string of the molecule is CC[C@@H](C)NC(=O)[C@@H]1COC2(CCN(C(=O)c3ccc(Cl)c(Cl)c3)CC2)N1C(=O)c1cccc(OC)c1. The molecule has 37 heavy (non-hydrogen) atoms. The van der Waals surface area contributed by atoms with Crippen LogP contribution in [0.3, 0.4) is 0 Å². The van der Waals surface area contributed by atoms with Gasteiger partial charge in [-0.05, 0) is 49.7 Å². The van der Waals surface area contributed by atoms with Crippen molar-refractivity contribution in [2.24, 2.45) is 0 Å². The number of carbonyl (C=O) groups is 3. The van der Waals surface area contributed by atoms with Gasteiger partial charge in [0.15, 0.2) is 0 Å². The zero-order valence-corrected chi connectivity index (χ0v) is 22.6. The summed E-state index contributed by atoms with van der Waals surface area (Å²) in [5.74, 6) is -0.201. The van der Waals surface area contributed by atoms with Crippen LogP contribution in [0.25, 0.3) is 0 Å². The van der Waals surface area contributed by atoms with Gasteiger partial charge >= 0.3 is 0 Å². The third-order valence-corrected chi connectivity index (χ3v) is 7.84. The van der Waals surface area contributed by atoms with E-state index in [2.05, 4.69) is 5.32 Å². The second-order valence-corrected chi connectivity index (χ2v) is 10.2. The van der Waals surface area contributed by atoms with Crippen molar-refractivity contribution in [3.05, 3.63) is 63.6 Å². The monoisotopic (exact) mass is 547 g/mol. The number of benzene rings is 2. The minimum Gasteiger partial charge on any atom is -0.497 e. The van der Waals surface area contributed by atoms with E-state index >= 15 is 0 Å². The molecule has 0 unspecified atom stereocenters. The zero-order chi connectivity index (χ0) is 26.7. The molecule has 10 heteroatoms. The van der Waals surface area contributed by atoms with E-state index in [1.165, 1.54) is 7.11 Å². The molecule has 0 aliphatic carbocycles. The van der Waals surface area contributed by atoms with E-state index in [1.54, 1.807) is 52.3 Å². The molecule has 3 amide bonds. The van der Waals surface area contributed by atoms with Crippen LogP contribution >= 0.6 is 23.2 Å². The van der Waals surface area contributed by atoms with E-state index in [1.807, 2.05) is 13.8 Å². The minimum atomic E-state index is -1.01. The smallest absolute Gasteiger partial charge is 0.257 e. The Morgan fingerprint density at radius 3 is 2.43 bits per heavy atom. The highest BCUT2D eigenvalue weighted by molar-refractivity contribution is 6.42. The van der Waals surface area contributed by atoms with Crippen molar-refractivity contribution in [3.8, 4) is 5.75 Å². The fourth-order valence-corrected chi connectivity index (χ4v) is 5.07. The summed E-state index contributed by atoms with van der Waals surface area (Å²) in [6.45, 7) is 4.68. The molecular weight excluding hydrogens is 517 g/mol. The van der Waals surface area contributed by atoms with Crippen molar-refractivity contribution >= 4 is 40.9 Å².